The minimum absolute atomic E-state index is 0.188. The van der Waals surface area contributed by atoms with Gasteiger partial charge < -0.3 is 14.8 Å². The molecule has 3 aromatic carbocycles. The molecule has 0 saturated carbocycles. The molecule has 0 aliphatic rings. The molecule has 0 radical (unpaired) electrons. The Balaban J connectivity index is 1.57. The van der Waals surface area contributed by atoms with Crippen LogP contribution in [0.1, 0.15) is 22.8 Å². The van der Waals surface area contributed by atoms with Gasteiger partial charge in [-0.25, -0.2) is 0 Å². The molecule has 0 atom stereocenters. The van der Waals surface area contributed by atoms with Crippen LogP contribution < -0.4 is 14.8 Å². The zero-order valence-electron chi connectivity index (χ0n) is 15.9. The number of hydrogen-bond acceptors (Lipinski definition) is 3. The quantitative estimate of drug-likeness (QED) is 0.532. The molecule has 0 aliphatic carbocycles. The van der Waals surface area contributed by atoms with Gasteiger partial charge in [-0.05, 0) is 54.5 Å². The molecule has 0 aromatic heterocycles. The Morgan fingerprint density at radius 1 is 0.893 bits per heavy atom. The minimum Gasteiger partial charge on any atom is -0.489 e. The summed E-state index contributed by atoms with van der Waals surface area (Å²) in [6.45, 7) is 6.65. The van der Waals surface area contributed by atoms with Gasteiger partial charge in [-0.1, -0.05) is 43.0 Å². The minimum atomic E-state index is -0.188. The van der Waals surface area contributed by atoms with E-state index in [4.69, 9.17) is 9.47 Å². The molecule has 1 N–H and O–H groups in total. The summed E-state index contributed by atoms with van der Waals surface area (Å²) in [6.07, 6.45) is 0. The average molecular weight is 373 g/mol. The Labute approximate surface area is 165 Å². The molecule has 1 amide bonds. The van der Waals surface area contributed by atoms with E-state index in [1.807, 2.05) is 55.5 Å². The van der Waals surface area contributed by atoms with Crippen LogP contribution in [0.2, 0.25) is 0 Å². The maximum absolute atomic E-state index is 12.5. The van der Waals surface area contributed by atoms with E-state index in [-0.39, 0.29) is 5.91 Å². The molecule has 4 nitrogen and oxygen atoms in total. The Hall–Kier alpha value is -3.53. The largest absolute Gasteiger partial charge is 0.489 e. The van der Waals surface area contributed by atoms with E-state index in [1.54, 1.807) is 30.3 Å². The van der Waals surface area contributed by atoms with Gasteiger partial charge in [0.15, 0.2) is 0 Å². The van der Waals surface area contributed by atoms with Crippen LogP contribution in [0.25, 0.3) is 0 Å². The molecular formula is C24H23NO3. The number of anilines is 1. The number of rotatable bonds is 8. The summed E-state index contributed by atoms with van der Waals surface area (Å²) >= 11 is 0. The standard InChI is InChI=1S/C24H23NO3/c1-18(2)16-27-23-10-6-9-21(15-23)25-24(26)20-11-13-22(14-12-20)28-17-19-7-4-3-5-8-19/h3-15H,1,16-17H2,2H3,(H,25,26). The number of benzene rings is 3. The van der Waals surface area contributed by atoms with Crippen molar-refractivity contribution in [3.8, 4) is 11.5 Å². The van der Waals surface area contributed by atoms with Crippen LogP contribution in [0.5, 0.6) is 11.5 Å². The third-order valence-electron chi connectivity index (χ3n) is 3.94. The van der Waals surface area contributed by atoms with Crippen molar-refractivity contribution in [1.82, 2.24) is 0 Å². The highest BCUT2D eigenvalue weighted by Crippen LogP contribution is 2.20. The van der Waals surface area contributed by atoms with Crippen LogP contribution in [-0.4, -0.2) is 12.5 Å². The van der Waals surface area contributed by atoms with Gasteiger partial charge in [0.25, 0.3) is 5.91 Å². The molecule has 3 aromatic rings. The van der Waals surface area contributed by atoms with E-state index >= 15 is 0 Å². The predicted molar refractivity (Wildman–Crippen MR) is 112 cm³/mol. The number of ether oxygens (including phenoxy) is 2. The number of hydrogen-bond donors (Lipinski definition) is 1. The summed E-state index contributed by atoms with van der Waals surface area (Å²) in [5.74, 6) is 1.22. The van der Waals surface area contributed by atoms with E-state index in [9.17, 15) is 4.79 Å². The van der Waals surface area contributed by atoms with Crippen molar-refractivity contribution < 1.29 is 14.3 Å². The zero-order chi connectivity index (χ0) is 19.8. The van der Waals surface area contributed by atoms with Gasteiger partial charge in [0.05, 0.1) is 0 Å². The molecule has 0 heterocycles. The van der Waals surface area contributed by atoms with Crippen molar-refractivity contribution in [3.05, 3.63) is 102 Å². The lowest BCUT2D eigenvalue weighted by Gasteiger charge is -2.10. The fraction of sp³-hybridized carbons (Fsp3) is 0.125. The van der Waals surface area contributed by atoms with Gasteiger partial charge in [-0.15, -0.1) is 0 Å². The van der Waals surface area contributed by atoms with Gasteiger partial charge in [-0.3, -0.25) is 4.79 Å². The molecule has 28 heavy (non-hydrogen) atoms. The first-order valence-electron chi connectivity index (χ1n) is 9.05. The molecule has 4 heteroatoms. The molecule has 0 spiro atoms. The summed E-state index contributed by atoms with van der Waals surface area (Å²) in [5, 5.41) is 2.88. The van der Waals surface area contributed by atoms with E-state index < -0.39 is 0 Å². The predicted octanol–water partition coefficient (Wildman–Crippen LogP) is 5.47. The maximum Gasteiger partial charge on any atom is 0.255 e. The number of carbonyl (C=O) groups is 1. The maximum atomic E-state index is 12.5. The summed E-state index contributed by atoms with van der Waals surface area (Å²) in [5.41, 5.74) is 3.26. The van der Waals surface area contributed by atoms with Crippen molar-refractivity contribution in [2.45, 2.75) is 13.5 Å². The third-order valence-corrected chi connectivity index (χ3v) is 3.94. The lowest BCUT2D eigenvalue weighted by Crippen LogP contribution is -2.12. The van der Waals surface area contributed by atoms with Crippen LogP contribution in [0.3, 0.4) is 0 Å². The van der Waals surface area contributed by atoms with Crippen molar-refractivity contribution in [2.24, 2.45) is 0 Å². The summed E-state index contributed by atoms with van der Waals surface area (Å²) in [6, 6.07) is 24.3. The first-order valence-corrected chi connectivity index (χ1v) is 9.05. The third kappa shape index (κ3) is 5.74. The lowest BCUT2D eigenvalue weighted by molar-refractivity contribution is 0.102. The second kappa shape index (κ2) is 9.42. The highest BCUT2D eigenvalue weighted by Gasteiger charge is 2.07. The van der Waals surface area contributed by atoms with E-state index in [2.05, 4.69) is 11.9 Å². The Bertz CT molecular complexity index is 934. The molecule has 0 saturated heterocycles. The Morgan fingerprint density at radius 3 is 2.36 bits per heavy atom. The molecule has 0 fully saturated rings. The SMILES string of the molecule is C=C(C)COc1cccc(NC(=O)c2ccc(OCc3ccccc3)cc2)c1. The Morgan fingerprint density at radius 2 is 1.64 bits per heavy atom. The first-order chi connectivity index (χ1) is 13.6. The second-order valence-corrected chi connectivity index (χ2v) is 6.53. The van der Waals surface area contributed by atoms with Crippen LogP contribution in [-0.2, 0) is 6.61 Å². The molecule has 3 rings (SSSR count). The molecule has 142 valence electrons. The molecule has 0 unspecified atom stereocenters. The lowest BCUT2D eigenvalue weighted by atomic mass is 10.2. The monoisotopic (exact) mass is 373 g/mol. The van der Waals surface area contributed by atoms with Gasteiger partial charge in [-0.2, -0.15) is 0 Å². The first kappa shape index (κ1) is 19.2. The van der Waals surface area contributed by atoms with E-state index in [1.165, 1.54) is 0 Å². The average Bonchev–Trinajstić information content (AvgIpc) is 2.72. The van der Waals surface area contributed by atoms with E-state index in [0.29, 0.717) is 30.2 Å². The van der Waals surface area contributed by atoms with Gasteiger partial charge in [0.2, 0.25) is 0 Å². The van der Waals surface area contributed by atoms with Crippen molar-refractivity contribution in [2.75, 3.05) is 11.9 Å². The van der Waals surface area contributed by atoms with Crippen molar-refractivity contribution in [1.29, 1.82) is 0 Å². The highest BCUT2D eigenvalue weighted by atomic mass is 16.5. The van der Waals surface area contributed by atoms with Crippen LogP contribution in [0.4, 0.5) is 5.69 Å². The number of amides is 1. The van der Waals surface area contributed by atoms with Gasteiger partial charge in [0.1, 0.15) is 24.7 Å². The van der Waals surface area contributed by atoms with Gasteiger partial charge >= 0.3 is 0 Å². The smallest absolute Gasteiger partial charge is 0.255 e. The second-order valence-electron chi connectivity index (χ2n) is 6.53. The summed E-state index contributed by atoms with van der Waals surface area (Å²) < 4.78 is 11.4. The van der Waals surface area contributed by atoms with E-state index in [0.717, 1.165) is 16.9 Å². The van der Waals surface area contributed by atoms with Gasteiger partial charge in [0, 0.05) is 17.3 Å². The zero-order valence-corrected chi connectivity index (χ0v) is 15.9. The van der Waals surface area contributed by atoms with Crippen LogP contribution in [0.15, 0.2) is 91.0 Å². The van der Waals surface area contributed by atoms with Crippen molar-refractivity contribution in [3.63, 3.8) is 0 Å². The number of nitrogens with one attached hydrogen (secondary N) is 1. The molecular weight excluding hydrogens is 350 g/mol. The normalized spacial score (nSPS) is 10.2. The van der Waals surface area contributed by atoms with Crippen LogP contribution in [0, 0.1) is 0 Å². The fourth-order valence-electron chi connectivity index (χ4n) is 2.52. The number of carbonyl (C=O) groups excluding carboxylic acids is 1. The fourth-order valence-corrected chi connectivity index (χ4v) is 2.52. The Kier molecular flexibility index (Phi) is 6.47. The summed E-state index contributed by atoms with van der Waals surface area (Å²) in [4.78, 5) is 12.5. The highest BCUT2D eigenvalue weighted by molar-refractivity contribution is 6.04. The summed E-state index contributed by atoms with van der Waals surface area (Å²) in [7, 11) is 0. The molecule has 0 bridgehead atoms. The van der Waals surface area contributed by atoms with Crippen molar-refractivity contribution >= 4 is 11.6 Å². The molecule has 0 aliphatic heterocycles. The topological polar surface area (TPSA) is 47.6 Å². The van der Waals surface area contributed by atoms with Crippen LogP contribution >= 0.6 is 0 Å².